The second-order valence-electron chi connectivity index (χ2n) is 7.78. The summed E-state index contributed by atoms with van der Waals surface area (Å²) in [6, 6.07) is 29.3. The van der Waals surface area contributed by atoms with Crippen molar-refractivity contribution in [3.8, 4) is 16.8 Å². The van der Waals surface area contributed by atoms with Gasteiger partial charge in [0, 0.05) is 22.8 Å². The maximum absolute atomic E-state index is 2.54. The van der Waals surface area contributed by atoms with Crippen LogP contribution in [0, 0.1) is 0 Å². The van der Waals surface area contributed by atoms with Gasteiger partial charge in [0.2, 0.25) is 0 Å². The van der Waals surface area contributed by atoms with Crippen LogP contribution in [0.3, 0.4) is 0 Å². The fourth-order valence-electron chi connectivity index (χ4n) is 5.32. The van der Waals surface area contributed by atoms with Crippen molar-refractivity contribution < 1.29 is 0 Å². The van der Waals surface area contributed by atoms with E-state index in [1.54, 1.807) is 0 Å². The van der Waals surface area contributed by atoms with Gasteiger partial charge in [-0.3, -0.25) is 0 Å². The molecule has 0 radical (unpaired) electrons. The van der Waals surface area contributed by atoms with Crippen LogP contribution >= 0.6 is 0 Å². The molecule has 1 nitrogen and oxygen atoms in total. The molecule has 7 rings (SSSR count). The standard InChI is InChI=1S/C26H17N/c1-2-8-20-16(6-1)14-17-12-13-19-15-18-7-5-10-22-21-9-3-4-11-23(21)27(25(18)22)26(19)24(17)20/h1-13H,14-15H2. The number of hydrogen-bond acceptors (Lipinski definition) is 0. The van der Waals surface area contributed by atoms with E-state index in [9.17, 15) is 0 Å². The fraction of sp³-hybridized carbons (Fsp3) is 0.0769. The Morgan fingerprint density at radius 1 is 0.556 bits per heavy atom. The zero-order valence-corrected chi connectivity index (χ0v) is 14.9. The molecular formula is C26H17N. The molecule has 1 aliphatic carbocycles. The van der Waals surface area contributed by atoms with Gasteiger partial charge in [-0.25, -0.2) is 0 Å². The van der Waals surface area contributed by atoms with Crippen molar-refractivity contribution in [2.75, 3.05) is 0 Å². The molecule has 1 aromatic heterocycles. The van der Waals surface area contributed by atoms with E-state index < -0.39 is 0 Å². The average Bonchev–Trinajstić information content (AvgIpc) is 3.26. The monoisotopic (exact) mass is 343 g/mol. The van der Waals surface area contributed by atoms with Gasteiger partial charge in [-0.05, 0) is 40.3 Å². The first-order valence-corrected chi connectivity index (χ1v) is 9.64. The minimum atomic E-state index is 1.01. The molecule has 0 unspecified atom stereocenters. The van der Waals surface area contributed by atoms with Crippen molar-refractivity contribution >= 4 is 21.8 Å². The molecular weight excluding hydrogens is 326 g/mol. The number of hydrogen-bond donors (Lipinski definition) is 0. The molecule has 0 fully saturated rings. The van der Waals surface area contributed by atoms with Crippen molar-refractivity contribution in [3.05, 3.63) is 101 Å². The number of para-hydroxylation sites is 2. The average molecular weight is 343 g/mol. The fourth-order valence-corrected chi connectivity index (χ4v) is 5.32. The van der Waals surface area contributed by atoms with Crippen molar-refractivity contribution in [2.24, 2.45) is 0 Å². The van der Waals surface area contributed by atoms with Crippen LogP contribution in [0.15, 0.2) is 78.9 Å². The van der Waals surface area contributed by atoms with Gasteiger partial charge in [-0.1, -0.05) is 72.8 Å². The number of fused-ring (bicyclic) bond motifs is 9. The summed E-state index contributed by atoms with van der Waals surface area (Å²) in [4.78, 5) is 0. The van der Waals surface area contributed by atoms with Crippen LogP contribution in [0.25, 0.3) is 38.6 Å². The molecule has 27 heavy (non-hydrogen) atoms. The van der Waals surface area contributed by atoms with E-state index in [0.29, 0.717) is 0 Å². The van der Waals surface area contributed by atoms with Gasteiger partial charge < -0.3 is 4.57 Å². The number of rotatable bonds is 0. The third-order valence-electron chi connectivity index (χ3n) is 6.40. The summed E-state index contributed by atoms with van der Waals surface area (Å²) in [7, 11) is 0. The van der Waals surface area contributed by atoms with E-state index in [0.717, 1.165) is 12.8 Å². The summed E-state index contributed by atoms with van der Waals surface area (Å²) in [5.41, 5.74) is 12.8. The molecule has 0 spiro atoms. The molecule has 0 amide bonds. The molecule has 0 N–H and O–H groups in total. The van der Waals surface area contributed by atoms with E-state index in [4.69, 9.17) is 0 Å². The highest BCUT2D eigenvalue weighted by Crippen LogP contribution is 2.47. The van der Waals surface area contributed by atoms with Gasteiger partial charge in [0.05, 0.1) is 16.7 Å². The van der Waals surface area contributed by atoms with Gasteiger partial charge in [0.25, 0.3) is 0 Å². The molecule has 2 aliphatic rings. The van der Waals surface area contributed by atoms with Gasteiger partial charge in [0.1, 0.15) is 0 Å². The summed E-state index contributed by atoms with van der Waals surface area (Å²) < 4.78 is 2.54. The van der Waals surface area contributed by atoms with Crippen LogP contribution in [0.4, 0.5) is 0 Å². The highest BCUT2D eigenvalue weighted by Gasteiger charge is 2.29. The maximum Gasteiger partial charge on any atom is 0.0579 e. The van der Waals surface area contributed by atoms with E-state index in [1.165, 1.54) is 60.9 Å². The molecule has 1 heteroatoms. The first-order valence-electron chi connectivity index (χ1n) is 9.64. The van der Waals surface area contributed by atoms with E-state index in [-0.39, 0.29) is 0 Å². The van der Waals surface area contributed by atoms with Crippen LogP contribution in [-0.4, -0.2) is 4.57 Å². The van der Waals surface area contributed by atoms with Crippen LogP contribution in [0.2, 0.25) is 0 Å². The number of aromatic nitrogens is 1. The molecule has 1 aliphatic heterocycles. The Morgan fingerprint density at radius 2 is 1.30 bits per heavy atom. The van der Waals surface area contributed by atoms with Gasteiger partial charge in [0.15, 0.2) is 0 Å². The maximum atomic E-state index is 2.54. The quantitative estimate of drug-likeness (QED) is 0.306. The predicted molar refractivity (Wildman–Crippen MR) is 112 cm³/mol. The minimum Gasteiger partial charge on any atom is -0.308 e. The Bertz CT molecular complexity index is 1420. The molecule has 2 heterocycles. The predicted octanol–water partition coefficient (Wildman–Crippen LogP) is 6.26. The van der Waals surface area contributed by atoms with Crippen molar-refractivity contribution in [3.63, 3.8) is 0 Å². The normalized spacial score (nSPS) is 13.6. The Labute approximate surface area is 157 Å². The largest absolute Gasteiger partial charge is 0.308 e. The third kappa shape index (κ3) is 1.61. The topological polar surface area (TPSA) is 4.93 Å². The molecule has 5 aromatic rings. The van der Waals surface area contributed by atoms with Crippen molar-refractivity contribution in [1.29, 1.82) is 0 Å². The second-order valence-corrected chi connectivity index (χ2v) is 7.78. The summed E-state index contributed by atoms with van der Waals surface area (Å²) >= 11 is 0. The van der Waals surface area contributed by atoms with Crippen LogP contribution in [-0.2, 0) is 12.8 Å². The summed E-state index contributed by atoms with van der Waals surface area (Å²) in [5, 5.41) is 2.73. The molecule has 0 bridgehead atoms. The van der Waals surface area contributed by atoms with Crippen molar-refractivity contribution in [1.82, 2.24) is 4.57 Å². The first kappa shape index (κ1) is 13.8. The van der Waals surface area contributed by atoms with E-state index in [2.05, 4.69) is 83.4 Å². The molecule has 0 saturated carbocycles. The second kappa shape index (κ2) is 4.69. The van der Waals surface area contributed by atoms with Gasteiger partial charge in [-0.15, -0.1) is 0 Å². The highest BCUT2D eigenvalue weighted by atomic mass is 15.0. The lowest BCUT2D eigenvalue weighted by atomic mass is 9.92. The van der Waals surface area contributed by atoms with Crippen LogP contribution in [0.5, 0.6) is 0 Å². The molecule has 126 valence electrons. The highest BCUT2D eigenvalue weighted by molar-refractivity contribution is 6.12. The molecule has 4 aromatic carbocycles. The zero-order chi connectivity index (χ0) is 17.5. The zero-order valence-electron chi connectivity index (χ0n) is 14.9. The first-order chi connectivity index (χ1) is 13.4. The van der Waals surface area contributed by atoms with Crippen molar-refractivity contribution in [2.45, 2.75) is 12.8 Å². The van der Waals surface area contributed by atoms with E-state index in [1.807, 2.05) is 0 Å². The Balaban J connectivity index is 1.73. The smallest absolute Gasteiger partial charge is 0.0579 e. The SMILES string of the molecule is c1ccc2c(c1)Cc1ccc3c(c1-2)-n1c2ccccc2c2cccc(c21)C3. The summed E-state index contributed by atoms with van der Waals surface area (Å²) in [6.07, 6.45) is 2.06. The number of nitrogens with zero attached hydrogens (tertiary/aromatic N) is 1. The Morgan fingerprint density at radius 3 is 2.30 bits per heavy atom. The molecule has 0 saturated heterocycles. The molecule has 0 atom stereocenters. The summed E-state index contributed by atoms with van der Waals surface area (Å²) in [5.74, 6) is 0. The van der Waals surface area contributed by atoms with Crippen LogP contribution < -0.4 is 0 Å². The number of benzene rings is 4. The van der Waals surface area contributed by atoms with Gasteiger partial charge >= 0.3 is 0 Å². The lowest BCUT2D eigenvalue weighted by molar-refractivity contribution is 1.04. The van der Waals surface area contributed by atoms with Gasteiger partial charge in [-0.2, -0.15) is 0 Å². The lowest BCUT2D eigenvalue weighted by Crippen LogP contribution is -2.09. The van der Waals surface area contributed by atoms with E-state index >= 15 is 0 Å². The third-order valence-corrected chi connectivity index (χ3v) is 6.40. The Hall–Kier alpha value is -3.32. The van der Waals surface area contributed by atoms with Crippen LogP contribution in [0.1, 0.15) is 22.3 Å². The lowest BCUT2D eigenvalue weighted by Gasteiger charge is -2.24. The summed E-state index contributed by atoms with van der Waals surface area (Å²) in [6.45, 7) is 0. The Kier molecular flexibility index (Phi) is 2.40. The minimum absolute atomic E-state index is 1.01.